The van der Waals surface area contributed by atoms with E-state index in [1.807, 2.05) is 0 Å². The highest BCUT2D eigenvalue weighted by Crippen LogP contribution is 2.30. The number of ketones is 2. The number of nitrogens with zero attached hydrogens (tertiary/aromatic N) is 1. The molecule has 0 heterocycles. The van der Waals surface area contributed by atoms with Gasteiger partial charge in [0.05, 0.1) is 5.71 Å². The highest BCUT2D eigenvalue weighted by Gasteiger charge is 2.42. The third kappa shape index (κ3) is 2.05. The van der Waals surface area contributed by atoms with Gasteiger partial charge in [-0.05, 0) is 25.8 Å². The largest absolute Gasteiger partial charge is 0.411 e. The van der Waals surface area contributed by atoms with E-state index in [1.54, 1.807) is 33.8 Å². The topological polar surface area (TPSA) is 66.7 Å². The molecule has 0 aromatic carbocycles. The van der Waals surface area contributed by atoms with Gasteiger partial charge in [-0.1, -0.05) is 25.1 Å². The number of Topliss-reactive ketones (excluding diaryl/α,β-unsaturated/α-hetero) is 1. The van der Waals surface area contributed by atoms with Gasteiger partial charge >= 0.3 is 0 Å². The first-order chi connectivity index (χ1) is 7.31. The summed E-state index contributed by atoms with van der Waals surface area (Å²) in [7, 11) is 0. The Morgan fingerprint density at radius 3 is 2.44 bits per heavy atom. The van der Waals surface area contributed by atoms with Crippen LogP contribution in [-0.4, -0.2) is 22.5 Å². The standard InChI is InChI=1S/C12H17NO3/c1-7(2)10(13-16)9-8(14)5-6-12(3,4)11(9)15/h5-7,9,16H,1-4H3/b13-10+. The van der Waals surface area contributed by atoms with Gasteiger partial charge in [0, 0.05) is 5.41 Å². The zero-order valence-corrected chi connectivity index (χ0v) is 10.0. The Labute approximate surface area is 95.0 Å². The molecular weight excluding hydrogens is 206 g/mol. The molecule has 1 aliphatic carbocycles. The van der Waals surface area contributed by atoms with Crippen LogP contribution in [0.2, 0.25) is 0 Å². The van der Waals surface area contributed by atoms with Gasteiger partial charge in [-0.3, -0.25) is 9.59 Å². The van der Waals surface area contributed by atoms with Crippen LogP contribution in [0.25, 0.3) is 0 Å². The molecule has 0 saturated carbocycles. The molecule has 0 aromatic heterocycles. The maximum atomic E-state index is 12.1. The van der Waals surface area contributed by atoms with Crippen LogP contribution in [0.5, 0.6) is 0 Å². The van der Waals surface area contributed by atoms with Crippen molar-refractivity contribution in [2.75, 3.05) is 0 Å². The Morgan fingerprint density at radius 2 is 2.00 bits per heavy atom. The average Bonchev–Trinajstić information content (AvgIpc) is 2.19. The number of hydrogen-bond acceptors (Lipinski definition) is 4. The van der Waals surface area contributed by atoms with E-state index in [2.05, 4.69) is 5.16 Å². The first kappa shape index (κ1) is 12.6. The molecular formula is C12H17NO3. The molecule has 0 radical (unpaired) electrons. The van der Waals surface area contributed by atoms with Crippen molar-refractivity contribution >= 4 is 17.3 Å². The van der Waals surface area contributed by atoms with Crippen molar-refractivity contribution in [1.82, 2.24) is 0 Å². The first-order valence-electron chi connectivity index (χ1n) is 5.30. The molecule has 0 fully saturated rings. The minimum Gasteiger partial charge on any atom is -0.411 e. The second-order valence-corrected chi connectivity index (χ2v) is 4.93. The fourth-order valence-corrected chi connectivity index (χ4v) is 1.76. The molecule has 88 valence electrons. The summed E-state index contributed by atoms with van der Waals surface area (Å²) in [4.78, 5) is 23.8. The number of oxime groups is 1. The summed E-state index contributed by atoms with van der Waals surface area (Å²) in [6.07, 6.45) is 3.00. The quantitative estimate of drug-likeness (QED) is 0.336. The molecule has 16 heavy (non-hydrogen) atoms. The van der Waals surface area contributed by atoms with Crippen LogP contribution in [0, 0.1) is 17.3 Å². The Balaban J connectivity index is 3.19. The summed E-state index contributed by atoms with van der Waals surface area (Å²) in [6.45, 7) is 7.09. The zero-order valence-electron chi connectivity index (χ0n) is 10.0. The number of rotatable bonds is 2. The molecule has 0 amide bonds. The van der Waals surface area contributed by atoms with E-state index >= 15 is 0 Å². The number of carbonyl (C=O) groups is 2. The van der Waals surface area contributed by atoms with Crippen molar-refractivity contribution in [1.29, 1.82) is 0 Å². The molecule has 0 bridgehead atoms. The van der Waals surface area contributed by atoms with Gasteiger partial charge in [-0.2, -0.15) is 0 Å². The molecule has 4 nitrogen and oxygen atoms in total. The predicted molar refractivity (Wildman–Crippen MR) is 60.5 cm³/mol. The lowest BCUT2D eigenvalue weighted by Crippen LogP contribution is -2.43. The third-order valence-electron chi connectivity index (χ3n) is 2.85. The fraction of sp³-hybridized carbons (Fsp3) is 0.583. The van der Waals surface area contributed by atoms with Crippen LogP contribution in [0.3, 0.4) is 0 Å². The normalized spacial score (nSPS) is 25.3. The van der Waals surface area contributed by atoms with Gasteiger partial charge in [-0.25, -0.2) is 0 Å². The molecule has 1 unspecified atom stereocenters. The highest BCUT2D eigenvalue weighted by molar-refractivity contribution is 6.27. The fourth-order valence-electron chi connectivity index (χ4n) is 1.76. The summed E-state index contributed by atoms with van der Waals surface area (Å²) in [5.41, 5.74) is -0.434. The third-order valence-corrected chi connectivity index (χ3v) is 2.85. The molecule has 4 heteroatoms. The number of allylic oxidation sites excluding steroid dienone is 2. The Kier molecular flexibility index (Phi) is 3.31. The molecule has 1 aliphatic rings. The van der Waals surface area contributed by atoms with Crippen molar-refractivity contribution in [2.24, 2.45) is 22.4 Å². The molecule has 0 spiro atoms. The Bertz CT molecular complexity index is 378. The zero-order chi connectivity index (χ0) is 12.5. The molecule has 1 rings (SSSR count). The number of hydrogen-bond donors (Lipinski definition) is 1. The van der Waals surface area contributed by atoms with Crippen molar-refractivity contribution in [3.63, 3.8) is 0 Å². The summed E-state index contributed by atoms with van der Waals surface area (Å²) in [6, 6.07) is 0. The van der Waals surface area contributed by atoms with Gasteiger partial charge in [0.1, 0.15) is 5.92 Å². The van der Waals surface area contributed by atoms with E-state index in [-0.39, 0.29) is 23.2 Å². The van der Waals surface area contributed by atoms with Gasteiger partial charge in [0.15, 0.2) is 11.6 Å². The first-order valence-corrected chi connectivity index (χ1v) is 5.30. The summed E-state index contributed by atoms with van der Waals surface area (Å²) >= 11 is 0. The van der Waals surface area contributed by atoms with E-state index in [1.165, 1.54) is 6.08 Å². The van der Waals surface area contributed by atoms with Crippen LogP contribution >= 0.6 is 0 Å². The van der Waals surface area contributed by atoms with Crippen molar-refractivity contribution in [3.8, 4) is 0 Å². The van der Waals surface area contributed by atoms with E-state index in [9.17, 15) is 9.59 Å². The highest BCUT2D eigenvalue weighted by atomic mass is 16.4. The molecule has 1 N–H and O–H groups in total. The molecule has 0 saturated heterocycles. The van der Waals surface area contributed by atoms with Crippen molar-refractivity contribution in [2.45, 2.75) is 27.7 Å². The summed E-state index contributed by atoms with van der Waals surface area (Å²) < 4.78 is 0. The summed E-state index contributed by atoms with van der Waals surface area (Å²) in [5.74, 6) is -1.57. The Morgan fingerprint density at radius 1 is 1.44 bits per heavy atom. The average molecular weight is 223 g/mol. The lowest BCUT2D eigenvalue weighted by Gasteiger charge is -2.29. The maximum absolute atomic E-state index is 12.1. The second kappa shape index (κ2) is 4.20. The Hall–Kier alpha value is -1.45. The summed E-state index contributed by atoms with van der Waals surface area (Å²) in [5, 5.41) is 12.0. The van der Waals surface area contributed by atoms with E-state index in [0.717, 1.165) is 0 Å². The molecule has 1 atom stereocenters. The number of carbonyl (C=O) groups excluding carboxylic acids is 2. The second-order valence-electron chi connectivity index (χ2n) is 4.93. The van der Waals surface area contributed by atoms with Crippen LogP contribution in [-0.2, 0) is 9.59 Å². The maximum Gasteiger partial charge on any atom is 0.171 e. The SMILES string of the molecule is CC(C)/C(=N\O)C1C(=O)C=CC(C)(C)C1=O. The van der Waals surface area contributed by atoms with Crippen LogP contribution in [0.15, 0.2) is 17.3 Å². The smallest absolute Gasteiger partial charge is 0.171 e. The van der Waals surface area contributed by atoms with Crippen LogP contribution in [0.1, 0.15) is 27.7 Å². The van der Waals surface area contributed by atoms with E-state index < -0.39 is 11.3 Å². The lowest BCUT2D eigenvalue weighted by molar-refractivity contribution is -0.133. The van der Waals surface area contributed by atoms with E-state index in [0.29, 0.717) is 0 Å². The lowest BCUT2D eigenvalue weighted by atomic mass is 9.71. The minimum absolute atomic E-state index is 0.134. The monoisotopic (exact) mass is 223 g/mol. The molecule has 0 aromatic rings. The van der Waals surface area contributed by atoms with Gasteiger partial charge in [-0.15, -0.1) is 0 Å². The van der Waals surface area contributed by atoms with Gasteiger partial charge in [0.2, 0.25) is 0 Å². The minimum atomic E-state index is -0.926. The predicted octanol–water partition coefficient (Wildman–Crippen LogP) is 1.82. The van der Waals surface area contributed by atoms with Crippen LogP contribution < -0.4 is 0 Å². The molecule has 0 aliphatic heterocycles. The van der Waals surface area contributed by atoms with E-state index in [4.69, 9.17) is 5.21 Å². The van der Waals surface area contributed by atoms with Crippen molar-refractivity contribution < 1.29 is 14.8 Å². The van der Waals surface area contributed by atoms with Gasteiger partial charge < -0.3 is 5.21 Å². The van der Waals surface area contributed by atoms with Crippen molar-refractivity contribution in [3.05, 3.63) is 12.2 Å². The van der Waals surface area contributed by atoms with Gasteiger partial charge in [0.25, 0.3) is 0 Å². The van der Waals surface area contributed by atoms with Crippen LogP contribution in [0.4, 0.5) is 0 Å².